The van der Waals surface area contributed by atoms with Crippen LogP contribution in [0.4, 0.5) is 5.69 Å². The highest BCUT2D eigenvalue weighted by molar-refractivity contribution is 7.80. The van der Waals surface area contributed by atoms with Gasteiger partial charge in [0.2, 0.25) is 0 Å². The fraction of sp³-hybridized carbons (Fsp3) is 0.556. The van der Waals surface area contributed by atoms with Crippen LogP contribution in [0.25, 0.3) is 0 Å². The summed E-state index contributed by atoms with van der Waals surface area (Å²) in [5.41, 5.74) is 1.27. The molecule has 0 heterocycles. The highest BCUT2D eigenvalue weighted by Gasteiger charge is 2.14. The Morgan fingerprint density at radius 2 is 2.12 bits per heavy atom. The van der Waals surface area contributed by atoms with Crippen LogP contribution in [-0.2, 0) is 9.47 Å². The molecule has 1 aliphatic rings. The van der Waals surface area contributed by atoms with Gasteiger partial charge in [-0.3, -0.25) is 0 Å². The monoisotopic (exact) mass is 350 g/mol. The van der Waals surface area contributed by atoms with Gasteiger partial charge in [0.25, 0.3) is 0 Å². The number of carbonyl (C=O) groups is 1. The van der Waals surface area contributed by atoms with E-state index in [0.29, 0.717) is 23.4 Å². The molecule has 0 spiro atoms. The van der Waals surface area contributed by atoms with E-state index in [1.54, 1.807) is 25.1 Å². The molecular weight excluding hydrogens is 324 g/mol. The molecular formula is C18H26N2O3S. The Bertz CT molecular complexity index is 545. The van der Waals surface area contributed by atoms with Crippen LogP contribution >= 0.6 is 12.2 Å². The first-order valence-electron chi connectivity index (χ1n) is 8.62. The van der Waals surface area contributed by atoms with Crippen molar-refractivity contribution in [2.45, 2.75) is 45.1 Å². The first-order valence-corrected chi connectivity index (χ1v) is 9.03. The number of hydrogen-bond acceptors (Lipinski definition) is 4. The van der Waals surface area contributed by atoms with E-state index < -0.39 is 0 Å². The summed E-state index contributed by atoms with van der Waals surface area (Å²) in [6.07, 6.45) is 6.36. The SMILES string of the molecule is CCOC(=O)c1cccc(NC(=S)NCCCOC2CCCC2)c1. The molecule has 1 aliphatic carbocycles. The minimum Gasteiger partial charge on any atom is -0.462 e. The van der Waals surface area contributed by atoms with Crippen molar-refractivity contribution in [2.75, 3.05) is 25.1 Å². The number of benzene rings is 1. The molecule has 5 nitrogen and oxygen atoms in total. The lowest BCUT2D eigenvalue weighted by Gasteiger charge is -2.13. The third-order valence-corrected chi connectivity index (χ3v) is 4.14. The molecule has 0 bridgehead atoms. The van der Waals surface area contributed by atoms with Gasteiger partial charge in [-0.1, -0.05) is 18.9 Å². The molecule has 0 saturated heterocycles. The van der Waals surface area contributed by atoms with Gasteiger partial charge in [0.1, 0.15) is 0 Å². The second kappa shape index (κ2) is 10.3. The summed E-state index contributed by atoms with van der Waals surface area (Å²) in [5, 5.41) is 6.78. The Hall–Kier alpha value is -1.66. The summed E-state index contributed by atoms with van der Waals surface area (Å²) in [6, 6.07) is 7.11. The van der Waals surface area contributed by atoms with E-state index in [2.05, 4.69) is 10.6 Å². The van der Waals surface area contributed by atoms with E-state index in [0.717, 1.165) is 25.3 Å². The lowest BCUT2D eigenvalue weighted by atomic mass is 10.2. The van der Waals surface area contributed by atoms with Gasteiger partial charge in [0.15, 0.2) is 5.11 Å². The minimum absolute atomic E-state index is 0.330. The molecule has 1 saturated carbocycles. The minimum atomic E-state index is -0.330. The van der Waals surface area contributed by atoms with Crippen molar-refractivity contribution in [1.82, 2.24) is 5.32 Å². The predicted molar refractivity (Wildman–Crippen MR) is 99.4 cm³/mol. The second-order valence-electron chi connectivity index (χ2n) is 5.81. The van der Waals surface area contributed by atoms with Gasteiger partial charge in [-0.25, -0.2) is 4.79 Å². The van der Waals surface area contributed by atoms with E-state index in [1.807, 2.05) is 6.07 Å². The Morgan fingerprint density at radius 3 is 2.88 bits per heavy atom. The van der Waals surface area contributed by atoms with Crippen LogP contribution in [0.3, 0.4) is 0 Å². The second-order valence-corrected chi connectivity index (χ2v) is 6.22. The molecule has 0 aliphatic heterocycles. The number of carbonyl (C=O) groups excluding carboxylic acids is 1. The summed E-state index contributed by atoms with van der Waals surface area (Å²) < 4.78 is 10.8. The molecule has 24 heavy (non-hydrogen) atoms. The van der Waals surface area contributed by atoms with Crippen molar-refractivity contribution in [3.05, 3.63) is 29.8 Å². The van der Waals surface area contributed by atoms with Gasteiger partial charge < -0.3 is 20.1 Å². The van der Waals surface area contributed by atoms with E-state index in [9.17, 15) is 4.79 Å². The molecule has 0 unspecified atom stereocenters. The third kappa shape index (κ3) is 6.45. The zero-order chi connectivity index (χ0) is 17.2. The van der Waals surface area contributed by atoms with Gasteiger partial charge in [-0.15, -0.1) is 0 Å². The third-order valence-electron chi connectivity index (χ3n) is 3.89. The number of rotatable bonds is 8. The van der Waals surface area contributed by atoms with Crippen LogP contribution in [0.1, 0.15) is 49.4 Å². The Labute approximate surface area is 149 Å². The highest BCUT2D eigenvalue weighted by Crippen LogP contribution is 2.20. The molecule has 132 valence electrons. The molecule has 1 fully saturated rings. The molecule has 0 radical (unpaired) electrons. The first-order chi connectivity index (χ1) is 11.7. The number of ether oxygens (including phenoxy) is 2. The predicted octanol–water partition coefficient (Wildman–Crippen LogP) is 3.50. The van der Waals surface area contributed by atoms with Crippen LogP contribution in [0, 0.1) is 0 Å². The summed E-state index contributed by atoms with van der Waals surface area (Å²) in [6.45, 7) is 3.67. The number of thiocarbonyl (C=S) groups is 1. The van der Waals surface area contributed by atoms with E-state index in [4.69, 9.17) is 21.7 Å². The van der Waals surface area contributed by atoms with Gasteiger partial charge in [0.05, 0.1) is 18.3 Å². The molecule has 0 amide bonds. The summed E-state index contributed by atoms with van der Waals surface area (Å²) in [7, 11) is 0. The molecule has 1 aromatic rings. The smallest absolute Gasteiger partial charge is 0.338 e. The lowest BCUT2D eigenvalue weighted by Crippen LogP contribution is -2.30. The fourth-order valence-electron chi connectivity index (χ4n) is 2.69. The fourth-order valence-corrected chi connectivity index (χ4v) is 2.91. The lowest BCUT2D eigenvalue weighted by molar-refractivity contribution is 0.0526. The topological polar surface area (TPSA) is 59.6 Å². The number of nitrogens with one attached hydrogen (secondary N) is 2. The molecule has 2 rings (SSSR count). The zero-order valence-corrected chi connectivity index (χ0v) is 15.0. The van der Waals surface area contributed by atoms with E-state index in [-0.39, 0.29) is 5.97 Å². The van der Waals surface area contributed by atoms with Gasteiger partial charge in [0, 0.05) is 18.8 Å². The van der Waals surface area contributed by atoms with Crippen molar-refractivity contribution in [2.24, 2.45) is 0 Å². The molecule has 0 aromatic heterocycles. The maximum Gasteiger partial charge on any atom is 0.338 e. The number of hydrogen-bond donors (Lipinski definition) is 2. The standard InChI is InChI=1S/C18H26N2O3S/c1-2-22-17(21)14-7-5-8-15(13-14)20-18(24)19-11-6-12-23-16-9-3-4-10-16/h5,7-8,13,16H,2-4,6,9-12H2,1H3,(H2,19,20,24). The largest absolute Gasteiger partial charge is 0.462 e. The van der Waals surface area contributed by atoms with Crippen LogP contribution in [0.5, 0.6) is 0 Å². The van der Waals surface area contributed by atoms with E-state index in [1.165, 1.54) is 25.7 Å². The zero-order valence-electron chi connectivity index (χ0n) is 14.2. The van der Waals surface area contributed by atoms with Gasteiger partial charge in [-0.05, 0) is 56.6 Å². The molecule has 1 aromatic carbocycles. The van der Waals surface area contributed by atoms with Crippen molar-refractivity contribution in [3.8, 4) is 0 Å². The average molecular weight is 350 g/mol. The number of esters is 1. The maximum absolute atomic E-state index is 11.7. The molecule has 2 N–H and O–H groups in total. The Morgan fingerprint density at radius 1 is 1.33 bits per heavy atom. The Kier molecular flexibility index (Phi) is 7.98. The quantitative estimate of drug-likeness (QED) is 0.425. The van der Waals surface area contributed by atoms with Crippen LogP contribution in [0.2, 0.25) is 0 Å². The van der Waals surface area contributed by atoms with Crippen LogP contribution in [-0.4, -0.2) is 36.9 Å². The van der Waals surface area contributed by atoms with Crippen LogP contribution in [0.15, 0.2) is 24.3 Å². The van der Waals surface area contributed by atoms with Crippen molar-refractivity contribution in [3.63, 3.8) is 0 Å². The summed E-state index contributed by atoms with van der Waals surface area (Å²) >= 11 is 5.27. The van der Waals surface area contributed by atoms with Crippen LogP contribution < -0.4 is 10.6 Å². The van der Waals surface area contributed by atoms with Crippen molar-refractivity contribution < 1.29 is 14.3 Å². The molecule has 6 heteroatoms. The van der Waals surface area contributed by atoms with Gasteiger partial charge >= 0.3 is 5.97 Å². The van der Waals surface area contributed by atoms with Crippen molar-refractivity contribution in [1.29, 1.82) is 0 Å². The summed E-state index contributed by atoms with van der Waals surface area (Å²) in [5.74, 6) is -0.330. The van der Waals surface area contributed by atoms with Gasteiger partial charge in [-0.2, -0.15) is 0 Å². The average Bonchev–Trinajstić information content (AvgIpc) is 3.08. The summed E-state index contributed by atoms with van der Waals surface area (Å²) in [4.78, 5) is 11.7. The number of anilines is 1. The normalized spacial score (nSPS) is 14.4. The van der Waals surface area contributed by atoms with Crippen molar-refractivity contribution >= 4 is 29.0 Å². The maximum atomic E-state index is 11.7. The highest BCUT2D eigenvalue weighted by atomic mass is 32.1. The van der Waals surface area contributed by atoms with E-state index >= 15 is 0 Å². The molecule has 0 atom stereocenters. The Balaban J connectivity index is 1.66. The first kappa shape index (κ1) is 18.7.